The number of carbonyl (C=O) groups is 1. The molecule has 0 saturated carbocycles. The van der Waals surface area contributed by atoms with E-state index >= 15 is 0 Å². The Hall–Kier alpha value is -2.85. The Morgan fingerprint density at radius 1 is 1.27 bits per heavy atom. The summed E-state index contributed by atoms with van der Waals surface area (Å²) in [7, 11) is 0. The number of pyridine rings is 1. The number of piperazine rings is 1. The van der Waals surface area contributed by atoms with E-state index in [9.17, 15) is 18.7 Å². The first-order valence-corrected chi connectivity index (χ1v) is 10.5. The number of carbonyl (C=O) groups excluding carboxylic acids is 1. The molecule has 0 radical (unpaired) electrons. The van der Waals surface area contributed by atoms with E-state index in [1.807, 2.05) is 6.92 Å². The van der Waals surface area contributed by atoms with Gasteiger partial charge < -0.3 is 14.9 Å². The molecule has 3 heterocycles. The monoisotopic (exact) mass is 433 g/mol. The maximum absolute atomic E-state index is 14.5. The first-order valence-electron chi connectivity index (χ1n) is 9.65. The van der Waals surface area contributed by atoms with Crippen LogP contribution in [0.4, 0.5) is 24.5 Å². The van der Waals surface area contributed by atoms with Crippen molar-refractivity contribution in [3.05, 3.63) is 47.7 Å². The molecule has 2 aromatic heterocycles. The van der Waals surface area contributed by atoms with Crippen LogP contribution in [-0.2, 0) is 0 Å². The molecule has 1 saturated heterocycles. The number of aromatic nitrogens is 2. The van der Waals surface area contributed by atoms with Gasteiger partial charge in [-0.3, -0.25) is 5.32 Å². The van der Waals surface area contributed by atoms with Gasteiger partial charge in [0.25, 0.3) is 0 Å². The van der Waals surface area contributed by atoms with Gasteiger partial charge in [-0.1, -0.05) is 18.3 Å². The molecule has 0 spiro atoms. The molecule has 3 aromatic rings. The summed E-state index contributed by atoms with van der Waals surface area (Å²) in [6, 6.07) is 5.32. The number of hydrogen-bond donors (Lipinski definition) is 2. The SMILES string of the molecule is CCC(O)c1cnc(N2CCN(C(=O)Nc3nc4cc(F)ccc4s3)CC2)c(F)c1. The van der Waals surface area contributed by atoms with Crippen molar-refractivity contribution in [3.63, 3.8) is 0 Å². The number of amides is 2. The number of thiazole rings is 1. The fraction of sp³-hybridized carbons (Fsp3) is 0.350. The predicted molar refractivity (Wildman–Crippen MR) is 112 cm³/mol. The number of fused-ring (bicyclic) bond motifs is 1. The molecule has 1 unspecified atom stereocenters. The third-order valence-corrected chi connectivity index (χ3v) is 6.00. The first-order chi connectivity index (χ1) is 14.4. The second-order valence-corrected chi connectivity index (χ2v) is 8.06. The van der Waals surface area contributed by atoms with Gasteiger partial charge in [-0.15, -0.1) is 0 Å². The third-order valence-electron chi connectivity index (χ3n) is 5.04. The summed E-state index contributed by atoms with van der Waals surface area (Å²) in [4.78, 5) is 24.4. The van der Waals surface area contributed by atoms with Gasteiger partial charge in [0.2, 0.25) is 0 Å². The van der Waals surface area contributed by atoms with Crippen molar-refractivity contribution in [2.75, 3.05) is 36.4 Å². The van der Waals surface area contributed by atoms with Gasteiger partial charge in [0.1, 0.15) is 5.82 Å². The number of nitrogens with one attached hydrogen (secondary N) is 1. The van der Waals surface area contributed by atoms with Gasteiger partial charge in [-0.05, 0) is 24.6 Å². The fourth-order valence-electron chi connectivity index (χ4n) is 3.34. The molecule has 2 amide bonds. The minimum absolute atomic E-state index is 0.218. The van der Waals surface area contributed by atoms with Crippen LogP contribution in [0.3, 0.4) is 0 Å². The van der Waals surface area contributed by atoms with Gasteiger partial charge in [0.05, 0.1) is 16.3 Å². The Kier molecular flexibility index (Phi) is 5.78. The summed E-state index contributed by atoms with van der Waals surface area (Å²) in [5, 5.41) is 13.0. The van der Waals surface area contributed by atoms with Gasteiger partial charge in [-0.25, -0.2) is 23.5 Å². The summed E-state index contributed by atoms with van der Waals surface area (Å²) in [6.45, 7) is 3.46. The molecule has 2 N–H and O–H groups in total. The van der Waals surface area contributed by atoms with Crippen molar-refractivity contribution in [1.82, 2.24) is 14.9 Å². The van der Waals surface area contributed by atoms with Crippen LogP contribution in [0, 0.1) is 11.6 Å². The number of hydrogen-bond acceptors (Lipinski definition) is 6. The van der Waals surface area contributed by atoms with E-state index in [0.717, 1.165) is 4.70 Å². The largest absolute Gasteiger partial charge is 0.388 e. The zero-order chi connectivity index (χ0) is 21.3. The molecule has 158 valence electrons. The van der Waals surface area contributed by atoms with E-state index in [-0.39, 0.29) is 17.7 Å². The molecule has 30 heavy (non-hydrogen) atoms. The highest BCUT2D eigenvalue weighted by molar-refractivity contribution is 7.22. The van der Waals surface area contributed by atoms with Crippen LogP contribution in [-0.4, -0.2) is 52.2 Å². The lowest BCUT2D eigenvalue weighted by atomic mass is 10.1. The fourth-order valence-corrected chi connectivity index (χ4v) is 4.18. The van der Waals surface area contributed by atoms with Gasteiger partial charge in [0, 0.05) is 44.0 Å². The van der Waals surface area contributed by atoms with E-state index in [0.29, 0.717) is 48.8 Å². The Bertz CT molecular complexity index is 1070. The number of halogens is 2. The van der Waals surface area contributed by atoms with Gasteiger partial charge >= 0.3 is 6.03 Å². The van der Waals surface area contributed by atoms with Crippen molar-refractivity contribution in [1.29, 1.82) is 0 Å². The number of aliphatic hydroxyl groups excluding tert-OH is 1. The summed E-state index contributed by atoms with van der Waals surface area (Å²) >= 11 is 1.28. The minimum Gasteiger partial charge on any atom is -0.388 e. The molecule has 1 atom stereocenters. The standard InChI is InChI=1S/C20H21F2N5O2S/c1-2-16(28)12-9-14(22)18(23-11-12)26-5-7-27(8-6-26)20(29)25-19-24-15-10-13(21)3-4-17(15)30-19/h3-4,9-11,16,28H,2,5-8H2,1H3,(H,24,25,29). The lowest BCUT2D eigenvalue weighted by Gasteiger charge is -2.35. The molecule has 0 aliphatic carbocycles. The normalized spacial score (nSPS) is 15.5. The molecule has 1 fully saturated rings. The number of nitrogens with zero attached hydrogens (tertiary/aromatic N) is 4. The summed E-state index contributed by atoms with van der Waals surface area (Å²) in [6.07, 6.45) is 1.24. The van der Waals surface area contributed by atoms with Crippen molar-refractivity contribution >= 4 is 38.5 Å². The number of urea groups is 1. The maximum atomic E-state index is 14.5. The first kappa shape index (κ1) is 20.4. The van der Waals surface area contributed by atoms with Gasteiger partial charge in [0.15, 0.2) is 16.8 Å². The molecule has 0 bridgehead atoms. The number of rotatable bonds is 4. The van der Waals surface area contributed by atoms with Crippen LogP contribution < -0.4 is 10.2 Å². The number of aliphatic hydroxyl groups is 1. The Balaban J connectivity index is 1.37. The average molecular weight is 433 g/mol. The van der Waals surface area contributed by atoms with E-state index in [1.54, 1.807) is 15.9 Å². The van der Waals surface area contributed by atoms with Crippen LogP contribution >= 0.6 is 11.3 Å². The molecule has 10 heteroatoms. The van der Waals surface area contributed by atoms with Crippen LogP contribution in [0.25, 0.3) is 10.2 Å². The second-order valence-electron chi connectivity index (χ2n) is 7.03. The Morgan fingerprint density at radius 3 is 2.73 bits per heavy atom. The van der Waals surface area contributed by atoms with Gasteiger partial charge in [-0.2, -0.15) is 0 Å². The van der Waals surface area contributed by atoms with Crippen molar-refractivity contribution in [2.45, 2.75) is 19.4 Å². The van der Waals surface area contributed by atoms with E-state index < -0.39 is 11.9 Å². The third kappa shape index (κ3) is 4.19. The molecule has 4 rings (SSSR count). The highest BCUT2D eigenvalue weighted by Gasteiger charge is 2.25. The summed E-state index contributed by atoms with van der Waals surface area (Å²) in [5.41, 5.74) is 0.950. The van der Waals surface area contributed by atoms with E-state index in [2.05, 4.69) is 15.3 Å². The average Bonchev–Trinajstić information content (AvgIpc) is 3.14. The van der Waals surface area contributed by atoms with Crippen LogP contribution in [0.2, 0.25) is 0 Å². The quantitative estimate of drug-likeness (QED) is 0.655. The molecule has 7 nitrogen and oxygen atoms in total. The van der Waals surface area contributed by atoms with Crippen LogP contribution in [0.1, 0.15) is 25.0 Å². The number of benzene rings is 1. The maximum Gasteiger partial charge on any atom is 0.323 e. The summed E-state index contributed by atoms with van der Waals surface area (Å²) < 4.78 is 28.6. The lowest BCUT2D eigenvalue weighted by molar-refractivity contribution is 0.173. The number of anilines is 2. The Labute approximate surface area is 176 Å². The Morgan fingerprint density at radius 2 is 2.03 bits per heavy atom. The summed E-state index contributed by atoms with van der Waals surface area (Å²) in [5.74, 6) is -0.644. The molecular formula is C20H21F2N5O2S. The van der Waals surface area contributed by atoms with Crippen molar-refractivity contribution in [3.8, 4) is 0 Å². The second kappa shape index (κ2) is 8.49. The minimum atomic E-state index is -0.736. The zero-order valence-electron chi connectivity index (χ0n) is 16.3. The zero-order valence-corrected chi connectivity index (χ0v) is 17.1. The highest BCUT2D eigenvalue weighted by Crippen LogP contribution is 2.27. The molecule has 1 aromatic carbocycles. The van der Waals surface area contributed by atoms with Crippen molar-refractivity contribution < 1.29 is 18.7 Å². The smallest absolute Gasteiger partial charge is 0.323 e. The highest BCUT2D eigenvalue weighted by atomic mass is 32.1. The topological polar surface area (TPSA) is 81.6 Å². The lowest BCUT2D eigenvalue weighted by Crippen LogP contribution is -2.50. The van der Waals surface area contributed by atoms with E-state index in [4.69, 9.17) is 0 Å². The van der Waals surface area contributed by atoms with Crippen LogP contribution in [0.15, 0.2) is 30.5 Å². The predicted octanol–water partition coefficient (Wildman–Crippen LogP) is 3.77. The van der Waals surface area contributed by atoms with Crippen LogP contribution in [0.5, 0.6) is 0 Å². The molecular weight excluding hydrogens is 412 g/mol. The molecule has 1 aliphatic rings. The van der Waals surface area contributed by atoms with E-state index in [1.165, 1.54) is 35.7 Å². The van der Waals surface area contributed by atoms with Crippen molar-refractivity contribution in [2.24, 2.45) is 0 Å². The molecule has 1 aliphatic heterocycles.